The van der Waals surface area contributed by atoms with Gasteiger partial charge in [-0.3, -0.25) is 10.1 Å². The number of nitro benzene ring substituents is 1. The molecule has 1 heterocycles. The fourth-order valence-electron chi connectivity index (χ4n) is 1.58. The Balaban J connectivity index is 2.19. The Labute approximate surface area is 115 Å². The molecule has 98 valence electrons. The number of aromatic nitrogens is 1. The maximum atomic E-state index is 10.9. The highest BCUT2D eigenvalue weighted by atomic mass is 35.5. The van der Waals surface area contributed by atoms with Crippen LogP contribution in [0.4, 0.5) is 5.69 Å². The van der Waals surface area contributed by atoms with Crippen molar-refractivity contribution in [3.63, 3.8) is 0 Å². The van der Waals surface area contributed by atoms with E-state index in [1.807, 2.05) is 6.92 Å². The van der Waals surface area contributed by atoms with Crippen LogP contribution in [0.1, 0.15) is 11.1 Å². The van der Waals surface area contributed by atoms with Crippen molar-refractivity contribution < 1.29 is 9.66 Å². The van der Waals surface area contributed by atoms with Crippen molar-refractivity contribution in [2.75, 3.05) is 0 Å². The lowest BCUT2D eigenvalue weighted by Gasteiger charge is -2.07. The number of halogens is 1. The molecule has 0 saturated carbocycles. The van der Waals surface area contributed by atoms with Gasteiger partial charge in [0.15, 0.2) is 5.75 Å². The summed E-state index contributed by atoms with van der Waals surface area (Å²) < 4.78 is 5.49. The first-order valence-electron chi connectivity index (χ1n) is 5.54. The Kier molecular flexibility index (Phi) is 3.97. The van der Waals surface area contributed by atoms with Crippen LogP contribution in [0.15, 0.2) is 36.5 Å². The second kappa shape index (κ2) is 5.67. The molecule has 0 bridgehead atoms. The summed E-state index contributed by atoms with van der Waals surface area (Å²) in [6.45, 7) is 2.05. The number of rotatable bonds is 4. The van der Waals surface area contributed by atoms with Crippen LogP contribution in [0, 0.1) is 17.0 Å². The SMILES string of the molecule is Cc1ccc([N+](=O)[O-])c(OCc2ccnc(Cl)c2)c1. The molecular formula is C13H11ClN2O3. The first-order valence-corrected chi connectivity index (χ1v) is 5.92. The van der Waals surface area contributed by atoms with Crippen molar-refractivity contribution in [3.8, 4) is 5.75 Å². The summed E-state index contributed by atoms with van der Waals surface area (Å²) >= 11 is 5.76. The van der Waals surface area contributed by atoms with Gasteiger partial charge in [0.1, 0.15) is 11.8 Å². The number of pyridine rings is 1. The first kappa shape index (κ1) is 13.3. The highest BCUT2D eigenvalue weighted by Gasteiger charge is 2.14. The van der Waals surface area contributed by atoms with Crippen molar-refractivity contribution in [1.82, 2.24) is 4.98 Å². The van der Waals surface area contributed by atoms with E-state index in [2.05, 4.69) is 4.98 Å². The topological polar surface area (TPSA) is 65.3 Å². The van der Waals surface area contributed by atoms with Crippen molar-refractivity contribution in [1.29, 1.82) is 0 Å². The van der Waals surface area contributed by atoms with E-state index in [0.717, 1.165) is 11.1 Å². The summed E-state index contributed by atoms with van der Waals surface area (Å²) in [6.07, 6.45) is 1.56. The van der Waals surface area contributed by atoms with Crippen LogP contribution in [0.3, 0.4) is 0 Å². The van der Waals surface area contributed by atoms with Gasteiger partial charge in [0.25, 0.3) is 0 Å². The van der Waals surface area contributed by atoms with E-state index >= 15 is 0 Å². The minimum Gasteiger partial charge on any atom is -0.482 e. The fourth-order valence-corrected chi connectivity index (χ4v) is 1.78. The molecule has 5 nitrogen and oxygen atoms in total. The third kappa shape index (κ3) is 3.42. The van der Waals surface area contributed by atoms with Gasteiger partial charge < -0.3 is 4.74 Å². The smallest absolute Gasteiger partial charge is 0.310 e. The molecule has 0 fully saturated rings. The molecule has 0 radical (unpaired) electrons. The molecule has 0 saturated heterocycles. The lowest BCUT2D eigenvalue weighted by atomic mass is 10.2. The number of nitrogens with zero attached hydrogens (tertiary/aromatic N) is 2. The van der Waals surface area contributed by atoms with Crippen LogP contribution in [0.5, 0.6) is 5.75 Å². The first-order chi connectivity index (χ1) is 9.06. The van der Waals surface area contributed by atoms with E-state index < -0.39 is 4.92 Å². The van der Waals surface area contributed by atoms with Crippen molar-refractivity contribution in [3.05, 3.63) is 62.9 Å². The second-order valence-electron chi connectivity index (χ2n) is 4.00. The Morgan fingerprint density at radius 2 is 2.16 bits per heavy atom. The van der Waals surface area contributed by atoms with Gasteiger partial charge in [-0.2, -0.15) is 0 Å². The van der Waals surface area contributed by atoms with Crippen LogP contribution >= 0.6 is 11.6 Å². The molecule has 0 amide bonds. The fraction of sp³-hybridized carbons (Fsp3) is 0.154. The highest BCUT2D eigenvalue weighted by Crippen LogP contribution is 2.28. The molecule has 2 rings (SSSR count). The number of hydrogen-bond donors (Lipinski definition) is 0. The van der Waals surface area contributed by atoms with E-state index in [-0.39, 0.29) is 18.0 Å². The van der Waals surface area contributed by atoms with Crippen LogP contribution in [-0.4, -0.2) is 9.91 Å². The maximum absolute atomic E-state index is 10.9. The lowest BCUT2D eigenvalue weighted by Crippen LogP contribution is -1.99. The molecule has 2 aromatic rings. The summed E-state index contributed by atoms with van der Waals surface area (Å²) in [5, 5.41) is 11.3. The number of benzene rings is 1. The van der Waals surface area contributed by atoms with E-state index in [4.69, 9.17) is 16.3 Å². The van der Waals surface area contributed by atoms with E-state index in [1.165, 1.54) is 6.07 Å². The third-order valence-electron chi connectivity index (χ3n) is 2.50. The van der Waals surface area contributed by atoms with Gasteiger partial charge in [0, 0.05) is 12.3 Å². The lowest BCUT2D eigenvalue weighted by molar-refractivity contribution is -0.386. The molecule has 0 aliphatic carbocycles. The third-order valence-corrected chi connectivity index (χ3v) is 2.70. The number of aryl methyl sites for hydroxylation is 1. The highest BCUT2D eigenvalue weighted by molar-refractivity contribution is 6.29. The summed E-state index contributed by atoms with van der Waals surface area (Å²) in [6, 6.07) is 8.15. The minimum atomic E-state index is -0.464. The van der Waals surface area contributed by atoms with Crippen LogP contribution < -0.4 is 4.74 Å². The Hall–Kier alpha value is -2.14. The van der Waals surface area contributed by atoms with E-state index in [9.17, 15) is 10.1 Å². The summed E-state index contributed by atoms with van der Waals surface area (Å²) in [7, 11) is 0. The van der Waals surface area contributed by atoms with Crippen molar-refractivity contribution in [2.45, 2.75) is 13.5 Å². The minimum absolute atomic E-state index is 0.0502. The number of hydrogen-bond acceptors (Lipinski definition) is 4. The van der Waals surface area contributed by atoms with Gasteiger partial charge in [-0.15, -0.1) is 0 Å². The quantitative estimate of drug-likeness (QED) is 0.487. The molecule has 1 aromatic heterocycles. The van der Waals surface area contributed by atoms with Gasteiger partial charge in [-0.1, -0.05) is 17.7 Å². The van der Waals surface area contributed by atoms with Gasteiger partial charge in [-0.25, -0.2) is 4.98 Å². The van der Waals surface area contributed by atoms with Crippen molar-refractivity contribution >= 4 is 17.3 Å². The molecular weight excluding hydrogens is 268 g/mol. The average molecular weight is 279 g/mol. The van der Waals surface area contributed by atoms with Gasteiger partial charge in [0.2, 0.25) is 0 Å². The van der Waals surface area contributed by atoms with E-state index in [0.29, 0.717) is 5.15 Å². The molecule has 6 heteroatoms. The molecule has 0 unspecified atom stereocenters. The second-order valence-corrected chi connectivity index (χ2v) is 4.39. The summed E-state index contributed by atoms with van der Waals surface area (Å²) in [5.41, 5.74) is 1.65. The van der Waals surface area contributed by atoms with Gasteiger partial charge >= 0.3 is 5.69 Å². The standard InChI is InChI=1S/C13H11ClN2O3/c1-9-2-3-11(16(17)18)12(6-9)19-8-10-4-5-15-13(14)7-10/h2-7H,8H2,1H3. The zero-order valence-corrected chi connectivity index (χ0v) is 10.9. The predicted octanol–water partition coefficient (Wildman–Crippen LogP) is 3.53. The predicted molar refractivity (Wildman–Crippen MR) is 71.4 cm³/mol. The molecule has 0 atom stereocenters. The number of ether oxygens (including phenoxy) is 1. The zero-order chi connectivity index (χ0) is 13.8. The molecule has 0 spiro atoms. The van der Waals surface area contributed by atoms with Crippen LogP contribution in [-0.2, 0) is 6.61 Å². The monoisotopic (exact) mass is 278 g/mol. The Morgan fingerprint density at radius 3 is 2.84 bits per heavy atom. The number of nitro groups is 1. The average Bonchev–Trinajstić information content (AvgIpc) is 2.36. The molecule has 0 aliphatic rings. The maximum Gasteiger partial charge on any atom is 0.310 e. The zero-order valence-electron chi connectivity index (χ0n) is 10.2. The Morgan fingerprint density at radius 1 is 1.37 bits per heavy atom. The van der Waals surface area contributed by atoms with Crippen molar-refractivity contribution in [2.24, 2.45) is 0 Å². The van der Waals surface area contributed by atoms with Crippen LogP contribution in [0.2, 0.25) is 5.15 Å². The van der Waals surface area contributed by atoms with E-state index in [1.54, 1.807) is 30.5 Å². The molecule has 0 N–H and O–H groups in total. The largest absolute Gasteiger partial charge is 0.482 e. The molecule has 1 aromatic carbocycles. The normalized spacial score (nSPS) is 10.2. The van der Waals surface area contributed by atoms with Gasteiger partial charge in [0.05, 0.1) is 4.92 Å². The van der Waals surface area contributed by atoms with Gasteiger partial charge in [-0.05, 0) is 36.2 Å². The molecule has 19 heavy (non-hydrogen) atoms. The molecule has 0 aliphatic heterocycles. The summed E-state index contributed by atoms with van der Waals surface area (Å²) in [5.74, 6) is 0.248. The van der Waals surface area contributed by atoms with Crippen LogP contribution in [0.25, 0.3) is 0 Å². The Bertz CT molecular complexity index is 617. The summed E-state index contributed by atoms with van der Waals surface area (Å²) in [4.78, 5) is 14.3.